The summed E-state index contributed by atoms with van der Waals surface area (Å²) in [6, 6.07) is 0. The number of allylic oxidation sites excluding steroid dienone is 8. The van der Waals surface area contributed by atoms with Crippen LogP contribution in [0.2, 0.25) is 0 Å². The maximum absolute atomic E-state index is 3.12. The molecule has 0 amide bonds. The van der Waals surface area contributed by atoms with E-state index in [9.17, 15) is 0 Å². The van der Waals surface area contributed by atoms with E-state index in [-0.39, 0.29) is 24.6 Å². The molecule has 1 heteroatoms. The molecular formula is C12H16Ti. The second-order valence-corrected chi connectivity index (χ2v) is 2.93. The van der Waals surface area contributed by atoms with Crippen molar-refractivity contribution in [3.8, 4) is 0 Å². The largest absolute Gasteiger partial charge is 4.00 e. The van der Waals surface area contributed by atoms with Gasteiger partial charge in [-0.3, -0.25) is 12.2 Å². The summed E-state index contributed by atoms with van der Waals surface area (Å²) >= 11 is 0. The summed E-state index contributed by atoms with van der Waals surface area (Å²) in [5.74, 6) is 0. The van der Waals surface area contributed by atoms with Crippen LogP contribution in [0.4, 0.5) is 0 Å². The summed E-state index contributed by atoms with van der Waals surface area (Å²) in [5.41, 5.74) is 2.55. The van der Waals surface area contributed by atoms with Crippen molar-refractivity contribution in [3.05, 3.63) is 47.6 Å². The second-order valence-electron chi connectivity index (χ2n) is 2.93. The van der Waals surface area contributed by atoms with Crippen LogP contribution in [0.1, 0.15) is 29.5 Å². The minimum absolute atomic E-state index is 0. The molecule has 0 aromatic rings. The molecule has 0 radical (unpaired) electrons. The summed E-state index contributed by atoms with van der Waals surface area (Å²) < 4.78 is 0. The summed E-state index contributed by atoms with van der Waals surface area (Å²) in [5, 5.41) is 0. The fourth-order valence-electron chi connectivity index (χ4n) is 1.03. The topological polar surface area (TPSA) is 0 Å². The monoisotopic (exact) mass is 208 g/mol. The van der Waals surface area contributed by atoms with Gasteiger partial charge < -0.3 is 2.85 Å². The third-order valence-corrected chi connectivity index (χ3v) is 1.73. The zero-order valence-corrected chi connectivity index (χ0v) is 9.79. The molecule has 0 saturated carbocycles. The Hall–Kier alpha value is -0.326. The van der Waals surface area contributed by atoms with Gasteiger partial charge in [0.2, 0.25) is 0 Å². The fraction of sp³-hybridized carbons (Fsp3) is 0.333. The van der Waals surface area contributed by atoms with Crippen LogP contribution in [-0.4, -0.2) is 0 Å². The minimum atomic E-state index is 0. The summed E-state index contributed by atoms with van der Waals surface area (Å²) in [4.78, 5) is 0. The molecule has 0 atom stereocenters. The standard InChI is InChI=1S/2C6H7.Ti.2H/c2*1-6-4-2-3-5-6;;;/h2*2,4H,3H2,1H3;;;/q2*-1;+4;2*-1. The Morgan fingerprint density at radius 1 is 1.00 bits per heavy atom. The van der Waals surface area contributed by atoms with Gasteiger partial charge in [-0.15, -0.1) is 12.8 Å². The normalized spacial score (nSPS) is 17.1. The number of rotatable bonds is 0. The van der Waals surface area contributed by atoms with Gasteiger partial charge in [-0.2, -0.15) is 12.2 Å². The quantitative estimate of drug-likeness (QED) is 0.421. The Morgan fingerprint density at radius 3 is 1.46 bits per heavy atom. The Balaban J connectivity index is -0.000000160. The van der Waals surface area contributed by atoms with Crippen molar-refractivity contribution >= 4 is 0 Å². The van der Waals surface area contributed by atoms with Crippen LogP contribution in [-0.2, 0) is 21.7 Å². The van der Waals surface area contributed by atoms with Crippen LogP contribution in [0.5, 0.6) is 0 Å². The maximum atomic E-state index is 3.12. The molecule has 68 valence electrons. The molecule has 0 bridgehead atoms. The Bertz CT molecular complexity index is 229. The molecule has 0 aromatic heterocycles. The van der Waals surface area contributed by atoms with Crippen LogP contribution in [0.15, 0.2) is 35.5 Å². The molecule has 0 unspecified atom stereocenters. The average molecular weight is 208 g/mol. The first kappa shape index (κ1) is 12.7. The van der Waals surface area contributed by atoms with Crippen molar-refractivity contribution in [1.29, 1.82) is 0 Å². The summed E-state index contributed by atoms with van der Waals surface area (Å²) in [6.07, 6.45) is 16.7. The Morgan fingerprint density at radius 2 is 1.38 bits per heavy atom. The predicted molar refractivity (Wildman–Crippen MR) is 54.6 cm³/mol. The predicted octanol–water partition coefficient (Wildman–Crippen LogP) is 3.61. The van der Waals surface area contributed by atoms with Gasteiger partial charge in [0.1, 0.15) is 0 Å². The Labute approximate surface area is 99.0 Å². The van der Waals surface area contributed by atoms with Crippen molar-refractivity contribution in [2.24, 2.45) is 0 Å². The van der Waals surface area contributed by atoms with E-state index in [0.29, 0.717) is 0 Å². The van der Waals surface area contributed by atoms with Gasteiger partial charge in [0.15, 0.2) is 0 Å². The van der Waals surface area contributed by atoms with Crippen molar-refractivity contribution in [1.82, 2.24) is 0 Å². The van der Waals surface area contributed by atoms with Gasteiger partial charge in [-0.25, -0.2) is 23.3 Å². The molecule has 0 N–H and O–H groups in total. The second kappa shape index (κ2) is 7.11. The first-order valence-corrected chi connectivity index (χ1v) is 4.27. The first-order valence-electron chi connectivity index (χ1n) is 4.27. The molecule has 0 fully saturated rings. The summed E-state index contributed by atoms with van der Waals surface area (Å²) in [7, 11) is 0. The van der Waals surface area contributed by atoms with Crippen LogP contribution >= 0.6 is 0 Å². The van der Waals surface area contributed by atoms with Crippen molar-refractivity contribution in [3.63, 3.8) is 0 Å². The van der Waals surface area contributed by atoms with E-state index in [0.717, 1.165) is 12.8 Å². The zero-order valence-electron chi connectivity index (χ0n) is 10.2. The number of hydrogen-bond donors (Lipinski definition) is 0. The fourth-order valence-corrected chi connectivity index (χ4v) is 1.03. The van der Waals surface area contributed by atoms with Crippen molar-refractivity contribution < 1.29 is 24.6 Å². The van der Waals surface area contributed by atoms with Gasteiger partial charge in [-0.05, 0) is 0 Å². The zero-order chi connectivity index (χ0) is 8.81. The maximum Gasteiger partial charge on any atom is 4.00 e. The SMILES string of the molecule is CC1=[C-]CC=C1.CC1=[C-]CC=C1.[H-].[H-].[Ti+4]. The van der Waals surface area contributed by atoms with E-state index in [1.807, 2.05) is 0 Å². The minimum Gasteiger partial charge on any atom is -1.00 e. The van der Waals surface area contributed by atoms with Gasteiger partial charge in [0.05, 0.1) is 0 Å². The van der Waals surface area contributed by atoms with Gasteiger partial charge in [-0.1, -0.05) is 13.8 Å². The molecule has 2 aliphatic rings. The van der Waals surface area contributed by atoms with E-state index < -0.39 is 0 Å². The van der Waals surface area contributed by atoms with Crippen LogP contribution < -0.4 is 0 Å². The van der Waals surface area contributed by atoms with E-state index in [2.05, 4.69) is 50.3 Å². The van der Waals surface area contributed by atoms with Crippen LogP contribution in [0.3, 0.4) is 0 Å². The van der Waals surface area contributed by atoms with Crippen molar-refractivity contribution in [2.75, 3.05) is 0 Å². The molecule has 2 rings (SSSR count). The van der Waals surface area contributed by atoms with Gasteiger partial charge >= 0.3 is 21.7 Å². The molecule has 0 heterocycles. The molecule has 0 saturated heterocycles. The van der Waals surface area contributed by atoms with E-state index in [4.69, 9.17) is 0 Å². The first-order chi connectivity index (χ1) is 5.79. The summed E-state index contributed by atoms with van der Waals surface area (Å²) in [6.45, 7) is 4.12. The molecule has 0 nitrogen and oxygen atoms in total. The molecule has 0 spiro atoms. The molecule has 13 heavy (non-hydrogen) atoms. The van der Waals surface area contributed by atoms with E-state index in [1.54, 1.807) is 0 Å². The smallest absolute Gasteiger partial charge is 1.00 e. The molecular weight excluding hydrogens is 192 g/mol. The van der Waals surface area contributed by atoms with E-state index in [1.165, 1.54) is 11.1 Å². The van der Waals surface area contributed by atoms with E-state index >= 15 is 0 Å². The van der Waals surface area contributed by atoms with Gasteiger partial charge in [0, 0.05) is 0 Å². The third kappa shape index (κ3) is 5.84. The number of hydrogen-bond acceptors (Lipinski definition) is 0. The van der Waals surface area contributed by atoms with Crippen molar-refractivity contribution in [2.45, 2.75) is 26.7 Å². The molecule has 0 aliphatic heterocycles. The van der Waals surface area contributed by atoms with Crippen LogP contribution in [0, 0.1) is 12.2 Å². The van der Waals surface area contributed by atoms with Crippen LogP contribution in [0.25, 0.3) is 0 Å². The van der Waals surface area contributed by atoms with Gasteiger partial charge in [0.25, 0.3) is 0 Å². The molecule has 2 aliphatic carbocycles. The average Bonchev–Trinajstić information content (AvgIpc) is 2.63. The molecule has 0 aromatic carbocycles. The Kier molecular flexibility index (Phi) is 6.94. The third-order valence-electron chi connectivity index (χ3n) is 1.73.